The minimum atomic E-state index is -1.07. The Morgan fingerprint density at radius 2 is 2.43 bits per heavy atom. The summed E-state index contributed by atoms with van der Waals surface area (Å²) >= 11 is 1.54. The Morgan fingerprint density at radius 1 is 1.71 bits per heavy atom. The van der Waals surface area contributed by atoms with E-state index < -0.39 is 5.60 Å². The van der Waals surface area contributed by atoms with Gasteiger partial charge in [0.2, 0.25) is 0 Å². The van der Waals surface area contributed by atoms with E-state index in [0.717, 1.165) is 5.69 Å². The number of thiazole rings is 1. The number of hydrogen-bond donors (Lipinski definition) is 3. The molecule has 0 bridgehead atoms. The number of nitrogens with zero attached hydrogens (tertiary/aromatic N) is 1. The van der Waals surface area contributed by atoms with Crippen molar-refractivity contribution in [3.05, 3.63) is 16.6 Å². The molecule has 1 aromatic heterocycles. The van der Waals surface area contributed by atoms with Gasteiger partial charge in [0.1, 0.15) is 0 Å². The maximum atomic E-state index is 9.54. The van der Waals surface area contributed by atoms with E-state index >= 15 is 0 Å². The van der Waals surface area contributed by atoms with Crippen LogP contribution in [-0.2, 0) is 0 Å². The largest absolute Gasteiger partial charge is 0.393 e. The molecule has 0 amide bonds. The van der Waals surface area contributed by atoms with Gasteiger partial charge in [-0.25, -0.2) is 4.98 Å². The molecule has 0 radical (unpaired) electrons. The third kappa shape index (κ3) is 3.34. The van der Waals surface area contributed by atoms with Crippen LogP contribution in [0.25, 0.3) is 0 Å². The van der Waals surface area contributed by atoms with E-state index in [9.17, 15) is 5.11 Å². The maximum absolute atomic E-state index is 9.54. The van der Waals surface area contributed by atoms with Crippen molar-refractivity contribution in [1.29, 1.82) is 0 Å². The summed E-state index contributed by atoms with van der Waals surface area (Å²) in [6.45, 7) is 3.67. The Kier molecular flexibility index (Phi) is 4.00. The number of aliphatic hydroxyl groups is 2. The van der Waals surface area contributed by atoms with Crippen LogP contribution in [0.15, 0.2) is 10.9 Å². The Labute approximate surface area is 87.6 Å². The normalized spacial score (nSPS) is 17.7. The molecule has 2 unspecified atom stereocenters. The number of rotatable bonds is 5. The molecule has 0 fully saturated rings. The first-order valence-corrected chi connectivity index (χ1v) is 5.44. The minimum Gasteiger partial charge on any atom is -0.393 e. The van der Waals surface area contributed by atoms with Crippen LogP contribution in [0.1, 0.15) is 25.6 Å². The van der Waals surface area contributed by atoms with E-state index in [1.807, 2.05) is 12.3 Å². The average molecular weight is 216 g/mol. The van der Waals surface area contributed by atoms with Gasteiger partial charge in [-0.05, 0) is 13.8 Å². The van der Waals surface area contributed by atoms with Crippen molar-refractivity contribution >= 4 is 11.3 Å². The lowest BCUT2D eigenvalue weighted by molar-refractivity contribution is 0.000992. The monoisotopic (exact) mass is 216 g/mol. The zero-order valence-corrected chi connectivity index (χ0v) is 9.21. The van der Waals surface area contributed by atoms with Crippen molar-refractivity contribution in [1.82, 2.24) is 10.3 Å². The number of nitrogens with one attached hydrogen (secondary N) is 1. The van der Waals surface area contributed by atoms with Gasteiger partial charge in [-0.15, -0.1) is 11.3 Å². The summed E-state index contributed by atoms with van der Waals surface area (Å²) in [5.74, 6) is 0. The van der Waals surface area contributed by atoms with Crippen molar-refractivity contribution in [3.63, 3.8) is 0 Å². The Bertz CT molecular complexity index is 262. The highest BCUT2D eigenvalue weighted by molar-refractivity contribution is 7.07. The molecule has 1 rings (SSSR count). The Balaban J connectivity index is 2.39. The lowest BCUT2D eigenvalue weighted by atomic mass is 10.1. The van der Waals surface area contributed by atoms with Crippen molar-refractivity contribution in [2.75, 3.05) is 13.2 Å². The maximum Gasteiger partial charge on any atom is 0.0973 e. The summed E-state index contributed by atoms with van der Waals surface area (Å²) in [4.78, 5) is 4.15. The van der Waals surface area contributed by atoms with Gasteiger partial charge in [0.15, 0.2) is 0 Å². The highest BCUT2D eigenvalue weighted by Crippen LogP contribution is 2.12. The first-order chi connectivity index (χ1) is 6.55. The van der Waals surface area contributed by atoms with Crippen molar-refractivity contribution in [2.45, 2.75) is 25.5 Å². The summed E-state index contributed by atoms with van der Waals surface area (Å²) in [5.41, 5.74) is 1.67. The lowest BCUT2D eigenvalue weighted by Crippen LogP contribution is -2.41. The van der Waals surface area contributed by atoms with Crippen LogP contribution < -0.4 is 5.32 Å². The van der Waals surface area contributed by atoms with Gasteiger partial charge in [0, 0.05) is 18.0 Å². The second-order valence-electron chi connectivity index (χ2n) is 3.67. The molecular formula is C9H16N2O2S. The predicted octanol–water partition coefficient (Wildman–Crippen LogP) is 0.537. The van der Waals surface area contributed by atoms with Crippen LogP contribution in [-0.4, -0.2) is 33.9 Å². The molecule has 2 atom stereocenters. The fraction of sp³-hybridized carbons (Fsp3) is 0.667. The molecule has 1 aromatic rings. The van der Waals surface area contributed by atoms with Gasteiger partial charge in [-0.2, -0.15) is 0 Å². The summed E-state index contributed by atoms with van der Waals surface area (Å²) in [7, 11) is 0. The van der Waals surface area contributed by atoms with Crippen LogP contribution in [0.3, 0.4) is 0 Å². The van der Waals surface area contributed by atoms with Crippen molar-refractivity contribution in [2.24, 2.45) is 0 Å². The van der Waals surface area contributed by atoms with Crippen LogP contribution in [0.4, 0.5) is 0 Å². The molecular weight excluding hydrogens is 200 g/mol. The summed E-state index contributed by atoms with van der Waals surface area (Å²) in [6.07, 6.45) is 0. The molecule has 0 saturated heterocycles. The van der Waals surface area contributed by atoms with E-state index in [1.165, 1.54) is 0 Å². The first-order valence-electron chi connectivity index (χ1n) is 4.50. The van der Waals surface area contributed by atoms with Crippen molar-refractivity contribution in [3.8, 4) is 0 Å². The summed E-state index contributed by atoms with van der Waals surface area (Å²) in [5, 5.41) is 23.4. The third-order valence-electron chi connectivity index (χ3n) is 2.02. The SMILES string of the molecule is CC(NCC(C)(O)CO)c1cscn1. The van der Waals surface area contributed by atoms with E-state index in [-0.39, 0.29) is 12.6 Å². The molecule has 0 spiro atoms. The molecule has 1 heterocycles. The van der Waals surface area contributed by atoms with Crippen LogP contribution >= 0.6 is 11.3 Å². The van der Waals surface area contributed by atoms with Crippen LogP contribution in [0.5, 0.6) is 0 Å². The molecule has 80 valence electrons. The summed E-state index contributed by atoms with van der Waals surface area (Å²) in [6, 6.07) is 0.0966. The van der Waals surface area contributed by atoms with Gasteiger partial charge < -0.3 is 15.5 Å². The van der Waals surface area contributed by atoms with Crippen LogP contribution in [0, 0.1) is 0 Å². The van der Waals surface area contributed by atoms with Gasteiger partial charge >= 0.3 is 0 Å². The third-order valence-corrected chi connectivity index (χ3v) is 2.63. The van der Waals surface area contributed by atoms with Crippen LogP contribution in [0.2, 0.25) is 0 Å². The summed E-state index contributed by atoms with van der Waals surface area (Å²) < 4.78 is 0. The van der Waals surface area contributed by atoms with Gasteiger partial charge in [-0.3, -0.25) is 0 Å². The molecule has 4 nitrogen and oxygen atoms in total. The van der Waals surface area contributed by atoms with E-state index in [1.54, 1.807) is 23.8 Å². The fourth-order valence-corrected chi connectivity index (χ4v) is 1.62. The molecule has 0 aliphatic rings. The fourth-order valence-electron chi connectivity index (χ4n) is 0.969. The van der Waals surface area contributed by atoms with Gasteiger partial charge in [0.05, 0.1) is 23.4 Å². The second kappa shape index (κ2) is 4.84. The van der Waals surface area contributed by atoms with E-state index in [0.29, 0.717) is 6.54 Å². The molecule has 0 saturated carbocycles. The first kappa shape index (κ1) is 11.6. The molecule has 14 heavy (non-hydrogen) atoms. The zero-order valence-electron chi connectivity index (χ0n) is 8.40. The smallest absolute Gasteiger partial charge is 0.0973 e. The molecule has 5 heteroatoms. The highest BCUT2D eigenvalue weighted by Gasteiger charge is 2.20. The highest BCUT2D eigenvalue weighted by atomic mass is 32.1. The average Bonchev–Trinajstić information content (AvgIpc) is 2.67. The number of aliphatic hydroxyl groups excluding tert-OH is 1. The predicted molar refractivity (Wildman–Crippen MR) is 56.2 cm³/mol. The Hall–Kier alpha value is -0.490. The zero-order chi connectivity index (χ0) is 10.6. The second-order valence-corrected chi connectivity index (χ2v) is 4.39. The molecule has 0 aromatic carbocycles. The minimum absolute atomic E-state index is 0.0966. The topological polar surface area (TPSA) is 65.4 Å². The molecule has 3 N–H and O–H groups in total. The molecule has 0 aliphatic heterocycles. The quantitative estimate of drug-likeness (QED) is 0.672. The lowest BCUT2D eigenvalue weighted by Gasteiger charge is -2.23. The number of hydrogen-bond acceptors (Lipinski definition) is 5. The molecule has 0 aliphatic carbocycles. The standard InChI is InChI=1S/C9H16N2O2S/c1-7(8-3-14-6-11-8)10-4-9(2,13)5-12/h3,6-7,10,12-13H,4-5H2,1-2H3. The van der Waals surface area contributed by atoms with Crippen molar-refractivity contribution < 1.29 is 10.2 Å². The number of aromatic nitrogens is 1. The van der Waals surface area contributed by atoms with Gasteiger partial charge in [0.25, 0.3) is 0 Å². The van der Waals surface area contributed by atoms with E-state index in [2.05, 4.69) is 10.3 Å². The Morgan fingerprint density at radius 3 is 2.93 bits per heavy atom. The van der Waals surface area contributed by atoms with E-state index in [4.69, 9.17) is 5.11 Å². The van der Waals surface area contributed by atoms with Gasteiger partial charge in [-0.1, -0.05) is 0 Å².